The van der Waals surface area contributed by atoms with Gasteiger partial charge in [0.25, 0.3) is 0 Å². The van der Waals surface area contributed by atoms with Crippen LogP contribution in [0.15, 0.2) is 40.9 Å². The maximum Gasteiger partial charge on any atom is 0.144 e. The van der Waals surface area contributed by atoms with Crippen LogP contribution in [0.25, 0.3) is 0 Å². The van der Waals surface area contributed by atoms with Gasteiger partial charge >= 0.3 is 0 Å². The molecule has 0 saturated heterocycles. The minimum Gasteiger partial charge on any atom is -0.456 e. The minimum atomic E-state index is -0.891. The number of aliphatic hydroxyl groups excluding tert-OH is 1. The van der Waals surface area contributed by atoms with Gasteiger partial charge in [0, 0.05) is 11.6 Å². The predicted octanol–water partition coefficient (Wildman–Crippen LogP) is 4.57. The zero-order valence-electron chi connectivity index (χ0n) is 10.0. The Morgan fingerprint density at radius 3 is 2.37 bits per heavy atom. The zero-order valence-corrected chi connectivity index (χ0v) is 11.6. The third kappa shape index (κ3) is 3.30. The lowest BCUT2D eigenvalue weighted by Gasteiger charge is -2.14. The molecule has 0 saturated carbocycles. The third-order valence-electron chi connectivity index (χ3n) is 2.54. The molecule has 1 N–H and O–H groups in total. The topological polar surface area (TPSA) is 29.5 Å². The normalized spacial score (nSPS) is 12.3. The van der Waals surface area contributed by atoms with E-state index in [0.717, 1.165) is 0 Å². The molecule has 0 radical (unpaired) electrons. The summed E-state index contributed by atoms with van der Waals surface area (Å²) in [6.07, 6.45) is -0.891. The van der Waals surface area contributed by atoms with Crippen molar-refractivity contribution >= 4 is 15.9 Å². The summed E-state index contributed by atoms with van der Waals surface area (Å²) in [7, 11) is 0. The molecular formula is C14H11BrF2O2. The second-order valence-electron chi connectivity index (χ2n) is 4.03. The van der Waals surface area contributed by atoms with Crippen molar-refractivity contribution in [1.29, 1.82) is 0 Å². The number of rotatable bonds is 3. The Hall–Kier alpha value is -1.46. The average molecular weight is 329 g/mol. The summed E-state index contributed by atoms with van der Waals surface area (Å²) >= 11 is 3.24. The highest BCUT2D eigenvalue weighted by Gasteiger charge is 2.13. The van der Waals surface area contributed by atoms with Gasteiger partial charge in [-0.3, -0.25) is 0 Å². The summed E-state index contributed by atoms with van der Waals surface area (Å²) in [4.78, 5) is 0. The lowest BCUT2D eigenvalue weighted by molar-refractivity contribution is 0.195. The second-order valence-corrected chi connectivity index (χ2v) is 4.89. The van der Waals surface area contributed by atoms with Crippen LogP contribution in [0, 0.1) is 11.6 Å². The van der Waals surface area contributed by atoms with Crippen LogP contribution in [0.1, 0.15) is 18.6 Å². The summed E-state index contributed by atoms with van der Waals surface area (Å²) in [5.41, 5.74) is 0.302. The average Bonchev–Trinajstić information content (AvgIpc) is 2.35. The molecule has 2 nitrogen and oxygen atoms in total. The van der Waals surface area contributed by atoms with Crippen molar-refractivity contribution in [3.63, 3.8) is 0 Å². The molecule has 5 heteroatoms. The molecule has 0 aliphatic heterocycles. The van der Waals surface area contributed by atoms with Gasteiger partial charge in [0.15, 0.2) is 0 Å². The van der Waals surface area contributed by atoms with Crippen molar-refractivity contribution in [3.8, 4) is 11.5 Å². The molecular weight excluding hydrogens is 318 g/mol. The van der Waals surface area contributed by atoms with Gasteiger partial charge in [-0.2, -0.15) is 0 Å². The highest BCUT2D eigenvalue weighted by Crippen LogP contribution is 2.34. The number of aliphatic hydroxyl groups is 1. The molecule has 0 unspecified atom stereocenters. The maximum atomic E-state index is 13.2. The van der Waals surface area contributed by atoms with Crippen LogP contribution < -0.4 is 4.74 Å². The van der Waals surface area contributed by atoms with Crippen LogP contribution in [0.5, 0.6) is 11.5 Å². The Labute approximate surface area is 117 Å². The Morgan fingerprint density at radius 1 is 1.05 bits per heavy atom. The zero-order chi connectivity index (χ0) is 14.0. The lowest BCUT2D eigenvalue weighted by atomic mass is 10.1. The molecule has 19 heavy (non-hydrogen) atoms. The van der Waals surface area contributed by atoms with E-state index in [9.17, 15) is 13.9 Å². The summed E-state index contributed by atoms with van der Waals surface area (Å²) < 4.78 is 32.4. The number of benzene rings is 2. The SMILES string of the molecule is C[C@H](O)c1cc(F)ccc1Oc1cc(F)ccc1Br. The number of ether oxygens (including phenoxy) is 1. The van der Waals surface area contributed by atoms with Crippen molar-refractivity contribution < 1.29 is 18.6 Å². The Bertz CT molecular complexity index is 600. The molecule has 0 fully saturated rings. The predicted molar refractivity (Wildman–Crippen MR) is 71.2 cm³/mol. The van der Waals surface area contributed by atoms with Crippen LogP contribution in [0.3, 0.4) is 0 Å². The molecule has 100 valence electrons. The first kappa shape index (κ1) is 14.0. The molecule has 2 aromatic rings. The molecule has 0 amide bonds. The van der Waals surface area contributed by atoms with E-state index in [1.54, 1.807) is 0 Å². The highest BCUT2D eigenvalue weighted by atomic mass is 79.9. The van der Waals surface area contributed by atoms with Gasteiger partial charge in [0.05, 0.1) is 10.6 Å². The summed E-state index contributed by atoms with van der Waals surface area (Å²) in [6.45, 7) is 1.50. The summed E-state index contributed by atoms with van der Waals surface area (Å²) in [5, 5.41) is 9.60. The lowest BCUT2D eigenvalue weighted by Crippen LogP contribution is -1.97. The van der Waals surface area contributed by atoms with Crippen molar-refractivity contribution in [2.45, 2.75) is 13.0 Å². The van der Waals surface area contributed by atoms with Crippen LogP contribution in [-0.2, 0) is 0 Å². The van der Waals surface area contributed by atoms with Crippen LogP contribution in [0.2, 0.25) is 0 Å². The Balaban J connectivity index is 2.40. The molecule has 0 bridgehead atoms. The number of halogens is 3. The molecule has 1 atom stereocenters. The van der Waals surface area contributed by atoms with E-state index in [2.05, 4.69) is 15.9 Å². The van der Waals surface area contributed by atoms with Crippen LogP contribution >= 0.6 is 15.9 Å². The monoisotopic (exact) mass is 328 g/mol. The van der Waals surface area contributed by atoms with Crippen molar-refractivity contribution in [2.24, 2.45) is 0 Å². The van der Waals surface area contributed by atoms with E-state index in [4.69, 9.17) is 4.74 Å². The largest absolute Gasteiger partial charge is 0.456 e. The fraction of sp³-hybridized carbons (Fsp3) is 0.143. The van der Waals surface area contributed by atoms with Gasteiger partial charge in [-0.1, -0.05) is 0 Å². The number of hydrogen-bond donors (Lipinski definition) is 1. The van der Waals surface area contributed by atoms with Gasteiger partial charge in [0.1, 0.15) is 23.1 Å². The molecule has 0 heterocycles. The van der Waals surface area contributed by atoms with Crippen molar-refractivity contribution in [1.82, 2.24) is 0 Å². The molecule has 0 aliphatic carbocycles. The fourth-order valence-electron chi connectivity index (χ4n) is 1.61. The van der Waals surface area contributed by atoms with Gasteiger partial charge in [-0.15, -0.1) is 0 Å². The first-order valence-electron chi connectivity index (χ1n) is 5.58. The molecule has 2 rings (SSSR count). The van der Waals surface area contributed by atoms with E-state index in [-0.39, 0.29) is 11.5 Å². The number of hydrogen-bond acceptors (Lipinski definition) is 2. The van der Waals surface area contributed by atoms with E-state index in [1.165, 1.54) is 43.3 Å². The molecule has 0 aliphatic rings. The van der Waals surface area contributed by atoms with Crippen molar-refractivity contribution in [2.75, 3.05) is 0 Å². The highest BCUT2D eigenvalue weighted by molar-refractivity contribution is 9.10. The first-order chi connectivity index (χ1) is 8.97. The second kappa shape index (κ2) is 5.67. The van der Waals surface area contributed by atoms with Crippen LogP contribution in [0.4, 0.5) is 8.78 Å². The fourth-order valence-corrected chi connectivity index (χ4v) is 1.94. The van der Waals surface area contributed by atoms with Gasteiger partial charge in [-0.05, 0) is 53.2 Å². The summed E-state index contributed by atoms with van der Waals surface area (Å²) in [5.74, 6) is -0.378. The standard InChI is InChI=1S/C14H11BrF2O2/c1-8(18)11-6-9(16)3-5-13(11)19-14-7-10(17)2-4-12(14)15/h2-8,18H,1H3/t8-/m0/s1. The summed E-state index contributed by atoms with van der Waals surface area (Å²) in [6, 6.07) is 7.81. The van der Waals surface area contributed by atoms with Gasteiger partial charge in [-0.25, -0.2) is 8.78 Å². The quantitative estimate of drug-likeness (QED) is 0.894. The van der Waals surface area contributed by atoms with E-state index < -0.39 is 17.7 Å². The Kier molecular flexibility index (Phi) is 4.17. The van der Waals surface area contributed by atoms with Crippen molar-refractivity contribution in [3.05, 3.63) is 58.1 Å². The van der Waals surface area contributed by atoms with Crippen LogP contribution in [-0.4, -0.2) is 5.11 Å². The molecule has 0 aromatic heterocycles. The molecule has 0 spiro atoms. The van der Waals surface area contributed by atoms with E-state index >= 15 is 0 Å². The third-order valence-corrected chi connectivity index (χ3v) is 3.19. The molecule has 2 aromatic carbocycles. The minimum absolute atomic E-state index is 0.258. The van der Waals surface area contributed by atoms with Gasteiger partial charge < -0.3 is 9.84 Å². The first-order valence-corrected chi connectivity index (χ1v) is 6.37. The smallest absolute Gasteiger partial charge is 0.144 e. The van der Waals surface area contributed by atoms with E-state index in [0.29, 0.717) is 10.0 Å². The van der Waals surface area contributed by atoms with E-state index in [1.807, 2.05) is 0 Å². The maximum absolute atomic E-state index is 13.2. The van der Waals surface area contributed by atoms with Gasteiger partial charge in [0.2, 0.25) is 0 Å². The Morgan fingerprint density at radius 2 is 1.68 bits per heavy atom.